The number of anilines is 2. The summed E-state index contributed by atoms with van der Waals surface area (Å²) in [7, 11) is 0. The first-order valence-electron chi connectivity index (χ1n) is 6.70. The number of hydrogen-bond acceptors (Lipinski definition) is 4. The molecule has 2 N–H and O–H groups in total. The Bertz CT molecular complexity index is 820. The first kappa shape index (κ1) is 13.5. The number of H-pyrrole nitrogens is 1. The molecule has 1 aliphatic rings. The second-order valence-electron chi connectivity index (χ2n) is 4.85. The van der Waals surface area contributed by atoms with Gasteiger partial charge in [-0.1, -0.05) is 23.2 Å². The van der Waals surface area contributed by atoms with Gasteiger partial charge in [-0.05, 0) is 18.2 Å². The van der Waals surface area contributed by atoms with Crippen molar-refractivity contribution in [2.75, 3.05) is 18.5 Å². The molecule has 0 spiro atoms. The number of nitrogens with one attached hydrogen (secondary N) is 2. The van der Waals surface area contributed by atoms with Gasteiger partial charge < -0.3 is 19.8 Å². The molecule has 4 rings (SSSR count). The van der Waals surface area contributed by atoms with Gasteiger partial charge in [0.25, 0.3) is 0 Å². The van der Waals surface area contributed by atoms with Gasteiger partial charge in [-0.2, -0.15) is 0 Å². The smallest absolute Gasteiger partial charge is 0.205 e. The summed E-state index contributed by atoms with van der Waals surface area (Å²) in [5.41, 5.74) is 2.46. The van der Waals surface area contributed by atoms with Crippen LogP contribution in [-0.2, 0) is 0 Å². The predicted octanol–water partition coefficient (Wildman–Crippen LogP) is 4.38. The van der Waals surface area contributed by atoms with Crippen LogP contribution in [0.1, 0.15) is 0 Å². The number of hydrogen-bond donors (Lipinski definition) is 2. The minimum atomic E-state index is 0.486. The summed E-state index contributed by atoms with van der Waals surface area (Å²) in [5, 5.41) is 4.16. The van der Waals surface area contributed by atoms with E-state index in [4.69, 9.17) is 32.7 Å². The molecule has 7 heteroatoms. The average Bonchev–Trinajstić information content (AvgIpc) is 2.89. The summed E-state index contributed by atoms with van der Waals surface area (Å²) < 4.78 is 11.1. The van der Waals surface area contributed by atoms with Crippen molar-refractivity contribution in [1.82, 2.24) is 9.97 Å². The van der Waals surface area contributed by atoms with E-state index in [1.54, 1.807) is 12.1 Å². The van der Waals surface area contributed by atoms with E-state index >= 15 is 0 Å². The molecule has 0 saturated heterocycles. The molecule has 0 bridgehead atoms. The molecule has 1 aliphatic heterocycles. The standard InChI is InChI=1S/C15H11Cl2N3O2/c16-9-2-1-8(5-10(9)17)18-15-19-11-6-13-14(7-12(11)20-15)22-4-3-21-13/h1-2,5-7H,3-4H2,(H2,18,19,20). The monoisotopic (exact) mass is 335 g/mol. The summed E-state index contributed by atoms with van der Waals surface area (Å²) in [5.74, 6) is 2.05. The van der Waals surface area contributed by atoms with E-state index in [0.717, 1.165) is 22.5 Å². The summed E-state index contributed by atoms with van der Waals surface area (Å²) >= 11 is 11.9. The molecule has 0 aliphatic carbocycles. The van der Waals surface area contributed by atoms with Crippen molar-refractivity contribution in [3.8, 4) is 11.5 Å². The molecule has 0 fully saturated rings. The van der Waals surface area contributed by atoms with Gasteiger partial charge in [0.05, 0.1) is 21.1 Å². The number of ether oxygens (including phenoxy) is 2. The summed E-state index contributed by atoms with van der Waals surface area (Å²) in [4.78, 5) is 7.68. The highest BCUT2D eigenvalue weighted by atomic mass is 35.5. The molecule has 0 unspecified atom stereocenters. The molecule has 1 aromatic heterocycles. The fraction of sp³-hybridized carbons (Fsp3) is 0.133. The van der Waals surface area contributed by atoms with Gasteiger partial charge in [-0.3, -0.25) is 0 Å². The molecule has 112 valence electrons. The third-order valence-electron chi connectivity index (χ3n) is 3.33. The van der Waals surface area contributed by atoms with Crippen molar-refractivity contribution in [3.05, 3.63) is 40.4 Å². The molecule has 0 amide bonds. The van der Waals surface area contributed by atoms with Gasteiger partial charge in [0, 0.05) is 17.8 Å². The first-order valence-corrected chi connectivity index (χ1v) is 7.46. The molecular formula is C15H11Cl2N3O2. The van der Waals surface area contributed by atoms with Crippen LogP contribution in [0.25, 0.3) is 11.0 Å². The lowest BCUT2D eigenvalue weighted by Gasteiger charge is -2.17. The van der Waals surface area contributed by atoms with Gasteiger partial charge in [-0.25, -0.2) is 4.98 Å². The van der Waals surface area contributed by atoms with Crippen LogP contribution in [0.15, 0.2) is 30.3 Å². The molecule has 5 nitrogen and oxygen atoms in total. The quantitative estimate of drug-likeness (QED) is 0.729. The molecule has 0 saturated carbocycles. The van der Waals surface area contributed by atoms with Crippen LogP contribution in [0.2, 0.25) is 10.0 Å². The number of aromatic amines is 1. The van der Waals surface area contributed by atoms with Crippen LogP contribution >= 0.6 is 23.2 Å². The predicted molar refractivity (Wildman–Crippen MR) is 86.8 cm³/mol. The lowest BCUT2D eigenvalue weighted by atomic mass is 10.2. The summed E-state index contributed by atoms with van der Waals surface area (Å²) in [6.07, 6.45) is 0. The maximum atomic E-state index is 6.01. The van der Waals surface area contributed by atoms with E-state index in [1.165, 1.54) is 0 Å². The zero-order valence-electron chi connectivity index (χ0n) is 11.3. The summed E-state index contributed by atoms with van der Waals surface area (Å²) in [6, 6.07) is 9.05. The number of nitrogens with zero attached hydrogens (tertiary/aromatic N) is 1. The Morgan fingerprint density at radius 2 is 1.77 bits per heavy atom. The maximum absolute atomic E-state index is 6.01. The highest BCUT2D eigenvalue weighted by molar-refractivity contribution is 6.42. The van der Waals surface area contributed by atoms with Gasteiger partial charge in [0.1, 0.15) is 13.2 Å². The van der Waals surface area contributed by atoms with E-state index in [0.29, 0.717) is 35.0 Å². The molecule has 22 heavy (non-hydrogen) atoms. The molecule has 0 atom stereocenters. The molecule has 2 aromatic carbocycles. The molecule has 2 heterocycles. The lowest BCUT2D eigenvalue weighted by molar-refractivity contribution is 0.172. The Morgan fingerprint density at radius 1 is 1.00 bits per heavy atom. The van der Waals surface area contributed by atoms with Crippen molar-refractivity contribution in [2.24, 2.45) is 0 Å². The number of halogens is 2. The average molecular weight is 336 g/mol. The molecule has 3 aromatic rings. The van der Waals surface area contributed by atoms with E-state index in [-0.39, 0.29) is 0 Å². The minimum absolute atomic E-state index is 0.486. The number of rotatable bonds is 2. The fourth-order valence-electron chi connectivity index (χ4n) is 2.32. The van der Waals surface area contributed by atoms with Crippen molar-refractivity contribution < 1.29 is 9.47 Å². The van der Waals surface area contributed by atoms with Gasteiger partial charge in [-0.15, -0.1) is 0 Å². The third kappa shape index (κ3) is 2.42. The SMILES string of the molecule is Clc1ccc(Nc2nc3cc4c(cc3[nH]2)OCCO4)cc1Cl. The van der Waals surface area contributed by atoms with Crippen LogP contribution in [0.5, 0.6) is 11.5 Å². The Labute approximate surface area is 136 Å². The number of aromatic nitrogens is 2. The van der Waals surface area contributed by atoms with E-state index in [2.05, 4.69) is 15.3 Å². The lowest BCUT2D eigenvalue weighted by Crippen LogP contribution is -2.15. The Balaban J connectivity index is 1.68. The Morgan fingerprint density at radius 3 is 2.55 bits per heavy atom. The van der Waals surface area contributed by atoms with Gasteiger partial charge >= 0.3 is 0 Å². The van der Waals surface area contributed by atoms with Crippen LogP contribution in [-0.4, -0.2) is 23.2 Å². The van der Waals surface area contributed by atoms with Crippen molar-refractivity contribution in [3.63, 3.8) is 0 Å². The zero-order valence-corrected chi connectivity index (χ0v) is 12.8. The van der Waals surface area contributed by atoms with E-state index < -0.39 is 0 Å². The first-order chi connectivity index (χ1) is 10.7. The third-order valence-corrected chi connectivity index (χ3v) is 4.07. The molecular weight excluding hydrogens is 325 g/mol. The van der Waals surface area contributed by atoms with E-state index in [9.17, 15) is 0 Å². The summed E-state index contributed by atoms with van der Waals surface area (Å²) in [6.45, 7) is 1.11. The maximum Gasteiger partial charge on any atom is 0.205 e. The van der Waals surface area contributed by atoms with E-state index in [1.807, 2.05) is 18.2 Å². The second-order valence-corrected chi connectivity index (χ2v) is 5.67. The van der Waals surface area contributed by atoms with Gasteiger partial charge in [0.15, 0.2) is 11.5 Å². The van der Waals surface area contributed by atoms with Crippen molar-refractivity contribution in [1.29, 1.82) is 0 Å². The number of fused-ring (bicyclic) bond motifs is 2. The van der Waals surface area contributed by atoms with Crippen LogP contribution in [0, 0.1) is 0 Å². The van der Waals surface area contributed by atoms with Crippen LogP contribution < -0.4 is 14.8 Å². The Hall–Kier alpha value is -2.11. The minimum Gasteiger partial charge on any atom is -0.486 e. The van der Waals surface area contributed by atoms with Gasteiger partial charge in [0.2, 0.25) is 5.95 Å². The normalized spacial score (nSPS) is 13.4. The zero-order chi connectivity index (χ0) is 15.1. The van der Waals surface area contributed by atoms with Crippen molar-refractivity contribution >= 4 is 45.9 Å². The van der Waals surface area contributed by atoms with Crippen LogP contribution in [0.4, 0.5) is 11.6 Å². The van der Waals surface area contributed by atoms with Crippen LogP contribution in [0.3, 0.4) is 0 Å². The largest absolute Gasteiger partial charge is 0.486 e. The van der Waals surface area contributed by atoms with Crippen molar-refractivity contribution in [2.45, 2.75) is 0 Å². The Kier molecular flexibility index (Phi) is 3.24. The number of benzene rings is 2. The molecule has 0 radical (unpaired) electrons. The topological polar surface area (TPSA) is 59.2 Å². The highest BCUT2D eigenvalue weighted by Crippen LogP contribution is 2.34. The second kappa shape index (κ2) is 5.26. The number of imidazole rings is 1. The fourth-order valence-corrected chi connectivity index (χ4v) is 2.61. The highest BCUT2D eigenvalue weighted by Gasteiger charge is 2.15.